The largest absolute Gasteiger partial charge is 0.368 e. The van der Waals surface area contributed by atoms with Gasteiger partial charge in [-0.2, -0.15) is 0 Å². The standard InChI is InChI=1S/C27H28ClN5O3S/c1-19-17-32(23-6-8-24(9-7-23)37(35,36)31-26-12-13-29-18-30-26)14-15-33(19)27(34)11-4-20-2-3-21-16-22(28)5-10-25(20)21/h2-3,5-10,12-13,16,18-20H,4,11,14-15,17H2,1H3,(H,29,30,31)/t19-,20?/m0/s1. The van der Waals surface area contributed by atoms with Crippen LogP contribution in [0, 0.1) is 0 Å². The Balaban J connectivity index is 1.16. The van der Waals surface area contributed by atoms with Crippen LogP contribution in [-0.4, -0.2) is 54.9 Å². The number of carbonyl (C=O) groups is 1. The minimum absolute atomic E-state index is 0.0503. The van der Waals surface area contributed by atoms with Gasteiger partial charge in [0.15, 0.2) is 0 Å². The van der Waals surface area contributed by atoms with E-state index < -0.39 is 10.0 Å². The lowest BCUT2D eigenvalue weighted by atomic mass is 9.95. The highest BCUT2D eigenvalue weighted by Crippen LogP contribution is 2.35. The first-order valence-corrected chi connectivity index (χ1v) is 14.1. The Labute approximate surface area is 222 Å². The number of anilines is 2. The lowest BCUT2D eigenvalue weighted by molar-refractivity contribution is -0.133. The van der Waals surface area contributed by atoms with Gasteiger partial charge in [0.05, 0.1) is 4.90 Å². The number of nitrogens with one attached hydrogen (secondary N) is 1. The average Bonchev–Trinajstić information content (AvgIpc) is 3.29. The van der Waals surface area contributed by atoms with Crippen LogP contribution in [0.4, 0.5) is 11.5 Å². The number of benzene rings is 2. The maximum Gasteiger partial charge on any atom is 0.263 e. The van der Waals surface area contributed by atoms with E-state index in [-0.39, 0.29) is 28.6 Å². The zero-order valence-corrected chi connectivity index (χ0v) is 22.0. The molecule has 1 aliphatic heterocycles. The van der Waals surface area contributed by atoms with Crippen LogP contribution in [0.25, 0.3) is 6.08 Å². The number of piperazine rings is 1. The number of amides is 1. The number of aromatic nitrogens is 2. The summed E-state index contributed by atoms with van der Waals surface area (Å²) in [4.78, 5) is 25.1. The van der Waals surface area contributed by atoms with E-state index in [1.54, 1.807) is 24.3 Å². The van der Waals surface area contributed by atoms with Gasteiger partial charge < -0.3 is 9.80 Å². The molecule has 192 valence electrons. The number of halogens is 1. The Kier molecular flexibility index (Phi) is 7.17. The van der Waals surface area contributed by atoms with E-state index in [0.717, 1.165) is 22.7 Å². The van der Waals surface area contributed by atoms with Crippen molar-refractivity contribution in [3.05, 3.63) is 83.3 Å². The third-order valence-electron chi connectivity index (χ3n) is 6.91. The molecule has 3 aromatic rings. The Morgan fingerprint density at radius 2 is 1.95 bits per heavy atom. The van der Waals surface area contributed by atoms with Gasteiger partial charge in [0, 0.05) is 54.9 Å². The summed E-state index contributed by atoms with van der Waals surface area (Å²) in [6, 6.07) is 14.2. The highest BCUT2D eigenvalue weighted by Gasteiger charge is 2.28. The molecular weight excluding hydrogens is 510 g/mol. The summed E-state index contributed by atoms with van der Waals surface area (Å²) in [5.41, 5.74) is 3.29. The van der Waals surface area contributed by atoms with Crippen molar-refractivity contribution in [1.82, 2.24) is 14.9 Å². The summed E-state index contributed by atoms with van der Waals surface area (Å²) in [5.74, 6) is 0.623. The molecule has 8 nitrogen and oxygen atoms in total. The number of nitrogens with zero attached hydrogens (tertiary/aromatic N) is 4. The van der Waals surface area contributed by atoms with Crippen molar-refractivity contribution >= 4 is 45.1 Å². The Morgan fingerprint density at radius 3 is 2.68 bits per heavy atom. The van der Waals surface area contributed by atoms with E-state index in [2.05, 4.69) is 44.7 Å². The van der Waals surface area contributed by atoms with Crippen molar-refractivity contribution < 1.29 is 13.2 Å². The third kappa shape index (κ3) is 5.62. The van der Waals surface area contributed by atoms with Gasteiger partial charge >= 0.3 is 0 Å². The van der Waals surface area contributed by atoms with Crippen LogP contribution in [0.5, 0.6) is 0 Å². The Hall–Kier alpha value is -3.43. The van der Waals surface area contributed by atoms with E-state index in [9.17, 15) is 13.2 Å². The molecule has 1 N–H and O–H groups in total. The molecule has 2 heterocycles. The van der Waals surface area contributed by atoms with Gasteiger partial charge in [0.1, 0.15) is 12.1 Å². The molecule has 0 spiro atoms. The zero-order valence-electron chi connectivity index (χ0n) is 20.4. The van der Waals surface area contributed by atoms with E-state index >= 15 is 0 Å². The van der Waals surface area contributed by atoms with Crippen LogP contribution < -0.4 is 9.62 Å². The number of hydrogen-bond acceptors (Lipinski definition) is 6. The van der Waals surface area contributed by atoms with Crippen molar-refractivity contribution in [3.63, 3.8) is 0 Å². The number of carbonyl (C=O) groups excluding carboxylic acids is 1. The fourth-order valence-electron chi connectivity index (χ4n) is 4.97. The molecule has 37 heavy (non-hydrogen) atoms. The molecule has 0 saturated carbocycles. The molecule has 1 fully saturated rings. The van der Waals surface area contributed by atoms with Crippen molar-refractivity contribution in [2.75, 3.05) is 29.3 Å². The molecule has 1 amide bonds. The molecule has 5 rings (SSSR count). The normalized spacial score (nSPS) is 19.1. The van der Waals surface area contributed by atoms with Crippen molar-refractivity contribution in [2.24, 2.45) is 0 Å². The summed E-state index contributed by atoms with van der Waals surface area (Å²) in [5, 5.41) is 0.724. The minimum Gasteiger partial charge on any atom is -0.368 e. The van der Waals surface area contributed by atoms with E-state index in [1.165, 1.54) is 24.2 Å². The summed E-state index contributed by atoms with van der Waals surface area (Å²) < 4.78 is 27.8. The third-order valence-corrected chi connectivity index (χ3v) is 8.51. The first-order valence-electron chi connectivity index (χ1n) is 12.2. The predicted molar refractivity (Wildman–Crippen MR) is 145 cm³/mol. The lowest BCUT2D eigenvalue weighted by Gasteiger charge is -2.41. The van der Waals surface area contributed by atoms with Gasteiger partial charge in [0.25, 0.3) is 10.0 Å². The van der Waals surface area contributed by atoms with Crippen LogP contribution in [0.2, 0.25) is 5.02 Å². The summed E-state index contributed by atoms with van der Waals surface area (Å²) in [6.45, 7) is 4.05. The van der Waals surface area contributed by atoms with Gasteiger partial charge in [-0.3, -0.25) is 9.52 Å². The van der Waals surface area contributed by atoms with E-state index in [4.69, 9.17) is 11.6 Å². The molecular formula is C27H28ClN5O3S. The van der Waals surface area contributed by atoms with Crippen LogP contribution in [0.1, 0.15) is 36.8 Å². The van der Waals surface area contributed by atoms with Crippen LogP contribution in [0.15, 0.2) is 72.0 Å². The van der Waals surface area contributed by atoms with Gasteiger partial charge in [-0.05, 0) is 66.9 Å². The maximum absolute atomic E-state index is 13.1. The second-order valence-corrected chi connectivity index (χ2v) is 11.5. The van der Waals surface area contributed by atoms with Gasteiger partial charge in [-0.15, -0.1) is 0 Å². The maximum atomic E-state index is 13.1. The van der Waals surface area contributed by atoms with E-state index in [1.807, 2.05) is 17.0 Å². The molecule has 2 atom stereocenters. The summed E-state index contributed by atoms with van der Waals surface area (Å²) in [7, 11) is -3.75. The first kappa shape index (κ1) is 25.2. The second-order valence-electron chi connectivity index (χ2n) is 9.35. The number of fused-ring (bicyclic) bond motifs is 1. The van der Waals surface area contributed by atoms with Crippen molar-refractivity contribution in [3.8, 4) is 0 Å². The van der Waals surface area contributed by atoms with Gasteiger partial charge in [-0.25, -0.2) is 18.4 Å². The van der Waals surface area contributed by atoms with Crippen LogP contribution in [-0.2, 0) is 14.8 Å². The molecule has 0 radical (unpaired) electrons. The molecule has 0 bridgehead atoms. The monoisotopic (exact) mass is 537 g/mol. The molecule has 1 unspecified atom stereocenters. The minimum atomic E-state index is -3.75. The SMILES string of the molecule is C[C@H]1CN(c2ccc(S(=O)(=O)Nc3ccncn3)cc2)CCN1C(=O)CCC1C=Cc2cc(Cl)ccc21. The zero-order chi connectivity index (χ0) is 26.0. The quantitative estimate of drug-likeness (QED) is 0.475. The predicted octanol–water partition coefficient (Wildman–Crippen LogP) is 4.56. The Bertz CT molecular complexity index is 1410. The van der Waals surface area contributed by atoms with Crippen molar-refractivity contribution in [2.45, 2.75) is 36.6 Å². The second kappa shape index (κ2) is 10.5. The van der Waals surface area contributed by atoms with Gasteiger partial charge in [0.2, 0.25) is 5.91 Å². The molecule has 1 aliphatic carbocycles. The number of rotatable bonds is 7. The van der Waals surface area contributed by atoms with E-state index in [0.29, 0.717) is 26.1 Å². The summed E-state index contributed by atoms with van der Waals surface area (Å²) >= 11 is 6.10. The number of hydrogen-bond donors (Lipinski definition) is 1. The molecule has 10 heteroatoms. The molecule has 1 aromatic heterocycles. The fourth-order valence-corrected chi connectivity index (χ4v) is 6.16. The number of sulfonamides is 1. The first-order chi connectivity index (χ1) is 17.8. The highest BCUT2D eigenvalue weighted by atomic mass is 35.5. The van der Waals surface area contributed by atoms with Crippen LogP contribution >= 0.6 is 11.6 Å². The fraction of sp³-hybridized carbons (Fsp3) is 0.296. The molecule has 2 aromatic carbocycles. The molecule has 1 saturated heterocycles. The summed E-state index contributed by atoms with van der Waals surface area (Å²) in [6.07, 6.45) is 8.26. The Morgan fingerprint density at radius 1 is 1.14 bits per heavy atom. The highest BCUT2D eigenvalue weighted by molar-refractivity contribution is 7.92. The number of allylic oxidation sites excluding steroid dienone is 1. The average molecular weight is 538 g/mol. The van der Waals surface area contributed by atoms with Gasteiger partial charge in [-0.1, -0.05) is 29.8 Å². The van der Waals surface area contributed by atoms with Crippen LogP contribution in [0.3, 0.4) is 0 Å². The smallest absolute Gasteiger partial charge is 0.263 e. The topological polar surface area (TPSA) is 95.5 Å². The van der Waals surface area contributed by atoms with Crippen molar-refractivity contribution in [1.29, 1.82) is 0 Å². The lowest BCUT2D eigenvalue weighted by Crippen LogP contribution is -2.54. The molecule has 2 aliphatic rings.